The van der Waals surface area contributed by atoms with E-state index >= 15 is 0 Å². The second-order valence-electron chi connectivity index (χ2n) is 10.2. The second-order valence-corrected chi connectivity index (χ2v) is 10.2. The number of pyridine rings is 4. The van der Waals surface area contributed by atoms with Crippen molar-refractivity contribution >= 4 is 5.57 Å². The van der Waals surface area contributed by atoms with Gasteiger partial charge in [0.2, 0.25) is 0 Å². The van der Waals surface area contributed by atoms with Crippen molar-refractivity contribution in [3.05, 3.63) is 152 Å². The largest absolute Gasteiger partial charge is 0.387 e. The van der Waals surface area contributed by atoms with Crippen LogP contribution in [0.5, 0.6) is 0 Å². The number of dihydropyridines is 1. The molecule has 7 rings (SSSR count). The van der Waals surface area contributed by atoms with Crippen LogP contribution in [0.15, 0.2) is 147 Å². The second kappa shape index (κ2) is 11.4. The van der Waals surface area contributed by atoms with Crippen LogP contribution in [0.1, 0.15) is 5.56 Å². The minimum atomic E-state index is 0.776. The number of rotatable bonds is 6. The summed E-state index contributed by atoms with van der Waals surface area (Å²) in [5, 5.41) is 3.33. The molecule has 0 spiro atoms. The molecule has 0 saturated carbocycles. The number of nitrogens with zero attached hydrogens (tertiary/aromatic N) is 4. The maximum absolute atomic E-state index is 5.21. The van der Waals surface area contributed by atoms with Crippen LogP contribution < -0.4 is 5.32 Å². The van der Waals surface area contributed by atoms with Gasteiger partial charge < -0.3 is 5.32 Å². The van der Waals surface area contributed by atoms with Gasteiger partial charge in [0.15, 0.2) is 0 Å². The molecule has 0 amide bonds. The minimum absolute atomic E-state index is 0.776. The van der Waals surface area contributed by atoms with E-state index in [2.05, 4.69) is 99.1 Å². The van der Waals surface area contributed by atoms with Gasteiger partial charge in [0.05, 0.1) is 11.4 Å². The predicted molar refractivity (Wildman–Crippen MR) is 170 cm³/mol. The minimum Gasteiger partial charge on any atom is -0.387 e. The summed E-state index contributed by atoms with van der Waals surface area (Å²) in [7, 11) is 0. The van der Waals surface area contributed by atoms with Gasteiger partial charge in [-0.3, -0.25) is 15.0 Å². The van der Waals surface area contributed by atoms with Gasteiger partial charge in [-0.1, -0.05) is 30.3 Å². The molecule has 6 aromatic rings. The molecule has 0 aliphatic carbocycles. The highest BCUT2D eigenvalue weighted by molar-refractivity contribution is 5.83. The van der Waals surface area contributed by atoms with E-state index in [0.29, 0.717) is 0 Å². The third kappa shape index (κ3) is 5.36. The molecule has 0 atom stereocenters. The molecule has 42 heavy (non-hydrogen) atoms. The lowest BCUT2D eigenvalue weighted by Crippen LogP contribution is -2.11. The summed E-state index contributed by atoms with van der Waals surface area (Å²) >= 11 is 0. The molecular weight excluding hydrogens is 514 g/mol. The number of hydrogen-bond donors (Lipinski definition) is 1. The van der Waals surface area contributed by atoms with E-state index in [4.69, 9.17) is 4.98 Å². The van der Waals surface area contributed by atoms with Crippen LogP contribution in [0.2, 0.25) is 0 Å². The Labute approximate surface area is 245 Å². The van der Waals surface area contributed by atoms with E-state index in [0.717, 1.165) is 68.0 Å². The summed E-state index contributed by atoms with van der Waals surface area (Å²) in [6.45, 7) is 0.776. The van der Waals surface area contributed by atoms with Crippen molar-refractivity contribution in [2.24, 2.45) is 0 Å². The molecule has 1 N–H and O–H groups in total. The van der Waals surface area contributed by atoms with Crippen LogP contribution in [0.25, 0.3) is 61.5 Å². The van der Waals surface area contributed by atoms with Crippen molar-refractivity contribution < 1.29 is 0 Å². The first-order chi connectivity index (χ1) is 20.8. The Morgan fingerprint density at radius 2 is 0.952 bits per heavy atom. The van der Waals surface area contributed by atoms with E-state index in [9.17, 15) is 0 Å². The zero-order valence-electron chi connectivity index (χ0n) is 22.9. The molecule has 5 heteroatoms. The van der Waals surface area contributed by atoms with Crippen molar-refractivity contribution in [2.45, 2.75) is 0 Å². The van der Waals surface area contributed by atoms with Crippen molar-refractivity contribution in [3.63, 3.8) is 0 Å². The van der Waals surface area contributed by atoms with E-state index in [1.54, 1.807) is 18.6 Å². The number of hydrogen-bond acceptors (Lipinski definition) is 5. The van der Waals surface area contributed by atoms with E-state index in [-0.39, 0.29) is 0 Å². The molecule has 0 saturated heterocycles. The standard InChI is InChI=1S/C37H27N5/c1-10-36(34-18-30(26-6-2-12-38-22-26)16-31(19-34)27-7-3-13-39-23-27)42-37(11-1)35-20-32(28-8-4-14-40-24-28)17-33(21-35)29-9-5-15-41-25-29/h1-24,41H,25H2. The average molecular weight is 542 g/mol. The Morgan fingerprint density at radius 3 is 1.40 bits per heavy atom. The Hall–Kier alpha value is -5.68. The third-order valence-corrected chi connectivity index (χ3v) is 7.37. The van der Waals surface area contributed by atoms with Crippen LogP contribution in [0.4, 0.5) is 0 Å². The van der Waals surface area contributed by atoms with Gasteiger partial charge >= 0.3 is 0 Å². The molecule has 0 fully saturated rings. The lowest BCUT2D eigenvalue weighted by molar-refractivity contribution is 0.986. The number of allylic oxidation sites excluding steroid dienone is 2. The van der Waals surface area contributed by atoms with Gasteiger partial charge in [-0.2, -0.15) is 0 Å². The van der Waals surface area contributed by atoms with Gasteiger partial charge in [0, 0.05) is 71.5 Å². The monoisotopic (exact) mass is 541 g/mol. The molecule has 0 unspecified atom stereocenters. The summed E-state index contributed by atoms with van der Waals surface area (Å²) in [5.74, 6) is 0. The van der Waals surface area contributed by atoms with Crippen molar-refractivity contribution in [3.8, 4) is 55.9 Å². The van der Waals surface area contributed by atoms with Crippen LogP contribution >= 0.6 is 0 Å². The fraction of sp³-hybridized carbons (Fsp3) is 0.0270. The van der Waals surface area contributed by atoms with E-state index in [1.807, 2.05) is 49.1 Å². The lowest BCUT2D eigenvalue weighted by atomic mass is 9.94. The molecule has 1 aliphatic heterocycles. The summed E-state index contributed by atoms with van der Waals surface area (Å²) < 4.78 is 0. The molecule has 2 aromatic carbocycles. The molecular formula is C37H27N5. The van der Waals surface area contributed by atoms with Crippen LogP contribution in [0, 0.1) is 0 Å². The molecule has 0 bridgehead atoms. The van der Waals surface area contributed by atoms with Crippen LogP contribution in [0.3, 0.4) is 0 Å². The first-order valence-electron chi connectivity index (χ1n) is 13.9. The maximum Gasteiger partial charge on any atom is 0.0709 e. The topological polar surface area (TPSA) is 63.6 Å². The van der Waals surface area contributed by atoms with Gasteiger partial charge in [-0.25, -0.2) is 4.98 Å². The zero-order valence-corrected chi connectivity index (χ0v) is 22.9. The maximum atomic E-state index is 5.21. The van der Waals surface area contributed by atoms with Gasteiger partial charge in [-0.15, -0.1) is 0 Å². The highest BCUT2D eigenvalue weighted by atomic mass is 14.8. The van der Waals surface area contributed by atoms with Crippen molar-refractivity contribution in [2.75, 3.05) is 6.54 Å². The number of benzene rings is 2. The Morgan fingerprint density at radius 1 is 0.476 bits per heavy atom. The number of nitrogens with one attached hydrogen (secondary N) is 1. The third-order valence-electron chi connectivity index (χ3n) is 7.37. The normalized spacial score (nSPS) is 12.4. The highest BCUT2D eigenvalue weighted by Gasteiger charge is 2.13. The highest BCUT2D eigenvalue weighted by Crippen LogP contribution is 2.34. The molecule has 5 heterocycles. The Kier molecular flexibility index (Phi) is 6.89. The average Bonchev–Trinajstić information content (AvgIpc) is 3.09. The summed E-state index contributed by atoms with van der Waals surface area (Å²) in [4.78, 5) is 18.3. The molecule has 4 aromatic heterocycles. The summed E-state index contributed by atoms with van der Waals surface area (Å²) in [5.41, 5.74) is 12.7. The first-order valence-corrected chi connectivity index (χ1v) is 13.9. The molecule has 5 nitrogen and oxygen atoms in total. The fourth-order valence-electron chi connectivity index (χ4n) is 5.25. The fourth-order valence-corrected chi connectivity index (χ4v) is 5.25. The van der Waals surface area contributed by atoms with Gasteiger partial charge in [0.1, 0.15) is 0 Å². The smallest absolute Gasteiger partial charge is 0.0709 e. The molecule has 200 valence electrons. The quantitative estimate of drug-likeness (QED) is 0.231. The first kappa shape index (κ1) is 25.3. The summed E-state index contributed by atoms with van der Waals surface area (Å²) in [6, 6.07) is 31.6. The van der Waals surface area contributed by atoms with Crippen LogP contribution in [-0.2, 0) is 0 Å². The lowest BCUT2D eigenvalue weighted by Gasteiger charge is -2.15. The number of aromatic nitrogens is 4. The van der Waals surface area contributed by atoms with Gasteiger partial charge in [0.25, 0.3) is 0 Å². The van der Waals surface area contributed by atoms with Gasteiger partial charge in [-0.05, 0) is 107 Å². The SMILES string of the molecule is C1=CNCC(c2cc(-c3cccnc3)cc(-c3cccc(-c4cc(-c5cccnc5)cc(-c5cccnc5)c4)n3)c2)=C1. The van der Waals surface area contributed by atoms with E-state index in [1.165, 1.54) is 5.57 Å². The Bertz CT molecular complexity index is 1860. The predicted octanol–water partition coefficient (Wildman–Crippen LogP) is 8.10. The summed E-state index contributed by atoms with van der Waals surface area (Å²) in [6.07, 6.45) is 17.3. The Balaban J connectivity index is 1.36. The van der Waals surface area contributed by atoms with Crippen LogP contribution in [-0.4, -0.2) is 26.5 Å². The van der Waals surface area contributed by atoms with E-state index < -0.39 is 0 Å². The van der Waals surface area contributed by atoms with Crippen molar-refractivity contribution in [1.29, 1.82) is 0 Å². The van der Waals surface area contributed by atoms with Crippen molar-refractivity contribution in [1.82, 2.24) is 25.3 Å². The molecule has 0 radical (unpaired) electrons. The molecule has 1 aliphatic rings. The zero-order chi connectivity index (χ0) is 28.1.